The molecule has 0 aliphatic carbocycles. The predicted octanol–water partition coefficient (Wildman–Crippen LogP) is 1.79. The first-order valence-corrected chi connectivity index (χ1v) is 4.21. The highest BCUT2D eigenvalue weighted by molar-refractivity contribution is 8.93. The van der Waals surface area contributed by atoms with Crippen LogP contribution in [0.15, 0.2) is 24.2 Å². The van der Waals surface area contributed by atoms with Crippen LogP contribution in [0, 0.1) is 5.41 Å². The lowest BCUT2D eigenvalue weighted by atomic mass is 10.3. The average molecular weight is 279 g/mol. The van der Waals surface area contributed by atoms with E-state index >= 15 is 0 Å². The van der Waals surface area contributed by atoms with Crippen molar-refractivity contribution < 1.29 is 13.9 Å². The molecule has 0 saturated carbocycles. The third kappa shape index (κ3) is 3.83. The van der Waals surface area contributed by atoms with Gasteiger partial charge in [0, 0.05) is 12.7 Å². The smallest absolute Gasteiger partial charge is 0.373 e. The van der Waals surface area contributed by atoms with Crippen LogP contribution in [0.5, 0.6) is 0 Å². The Kier molecular flexibility index (Phi) is 5.84. The second kappa shape index (κ2) is 6.34. The second-order valence-corrected chi connectivity index (χ2v) is 2.64. The van der Waals surface area contributed by atoms with Crippen molar-refractivity contribution in [2.24, 2.45) is 0 Å². The van der Waals surface area contributed by atoms with Gasteiger partial charge in [0.2, 0.25) is 5.84 Å². The molecule has 0 fully saturated rings. The van der Waals surface area contributed by atoms with Crippen LogP contribution in [0.1, 0.15) is 6.92 Å². The molecule has 1 N–H and O–H groups in total. The van der Waals surface area contributed by atoms with Crippen LogP contribution >= 0.6 is 17.0 Å². The van der Waals surface area contributed by atoms with Crippen molar-refractivity contribution in [3.05, 3.63) is 24.2 Å². The molecule has 0 aromatic carbocycles. The highest BCUT2D eigenvalue weighted by Crippen LogP contribution is 2.08. The molecule has 0 saturated heterocycles. The zero-order valence-electron chi connectivity index (χ0n) is 8.20. The summed E-state index contributed by atoms with van der Waals surface area (Å²) in [7, 11) is 0. The maximum atomic E-state index is 12.7. The van der Waals surface area contributed by atoms with E-state index in [-0.39, 0.29) is 29.4 Å². The maximum Gasteiger partial charge on any atom is 0.373 e. The Morgan fingerprint density at radius 3 is 2.93 bits per heavy atom. The summed E-state index contributed by atoms with van der Waals surface area (Å²) >= 11 is 0. The summed E-state index contributed by atoms with van der Waals surface area (Å²) in [5.41, 5.74) is 0. The van der Waals surface area contributed by atoms with Crippen LogP contribution in [0.4, 0.5) is 4.39 Å². The number of carbonyl (C=O) groups is 1. The van der Waals surface area contributed by atoms with E-state index in [0.29, 0.717) is 6.54 Å². The number of nitrogens with one attached hydrogen (secondary N) is 1. The van der Waals surface area contributed by atoms with Gasteiger partial charge in [-0.05, 0) is 13.0 Å². The minimum Gasteiger partial charge on any atom is -0.460 e. The lowest BCUT2D eigenvalue weighted by Crippen LogP contribution is -2.34. The van der Waals surface area contributed by atoms with Crippen LogP contribution < -0.4 is 0 Å². The number of allylic oxidation sites excluding steroid dienone is 2. The molecule has 1 heterocycles. The van der Waals surface area contributed by atoms with Gasteiger partial charge < -0.3 is 9.64 Å². The highest BCUT2D eigenvalue weighted by Gasteiger charge is 2.18. The molecule has 1 rings (SSSR count). The first kappa shape index (κ1) is 13.8. The third-order valence-electron chi connectivity index (χ3n) is 1.61. The molecule has 0 unspecified atom stereocenters. The summed E-state index contributed by atoms with van der Waals surface area (Å²) in [6, 6.07) is 0. The van der Waals surface area contributed by atoms with Gasteiger partial charge in [0.1, 0.15) is 5.83 Å². The zero-order valence-corrected chi connectivity index (χ0v) is 9.91. The minimum absolute atomic E-state index is 0. The van der Waals surface area contributed by atoms with Crippen LogP contribution in [0.3, 0.4) is 0 Å². The lowest BCUT2D eigenvalue weighted by Gasteiger charge is -2.19. The van der Waals surface area contributed by atoms with Crippen molar-refractivity contribution in [2.45, 2.75) is 6.92 Å². The molecule has 1 aliphatic heterocycles. The van der Waals surface area contributed by atoms with Crippen LogP contribution in [0.2, 0.25) is 0 Å². The molecule has 0 bridgehead atoms. The normalized spacial score (nSPS) is 14.0. The molecule has 0 spiro atoms. The summed E-state index contributed by atoms with van der Waals surface area (Å²) in [4.78, 5) is 12.3. The summed E-state index contributed by atoms with van der Waals surface area (Å²) in [5, 5.41) is 7.39. The standard InChI is InChI=1S/C9H11FN2O2.BrH/c1-2-14-9(13)8(11)12-5-3-4-7(10)6-12;/h3-4,6,11H,2,5H2,1H3;1H. The number of ether oxygens (including phenoxy) is 1. The lowest BCUT2D eigenvalue weighted by molar-refractivity contribution is -0.135. The third-order valence-corrected chi connectivity index (χ3v) is 1.61. The number of amidine groups is 1. The number of carbonyl (C=O) groups excluding carboxylic acids is 1. The SMILES string of the molecule is Br.CCOC(=O)C(=N)N1C=C(F)C=CC1. The average Bonchev–Trinajstić information content (AvgIpc) is 2.17. The zero-order chi connectivity index (χ0) is 10.6. The topological polar surface area (TPSA) is 53.4 Å². The van der Waals surface area contributed by atoms with Gasteiger partial charge in [-0.25, -0.2) is 9.18 Å². The predicted molar refractivity (Wildman–Crippen MR) is 59.7 cm³/mol. The van der Waals surface area contributed by atoms with Gasteiger partial charge in [0.05, 0.1) is 6.61 Å². The molecule has 0 aromatic heterocycles. The quantitative estimate of drug-likeness (QED) is 0.452. The van der Waals surface area contributed by atoms with Gasteiger partial charge in [-0.3, -0.25) is 5.41 Å². The molecular formula is C9H12BrFN2O2. The Hall–Kier alpha value is -1.17. The molecule has 0 amide bonds. The van der Waals surface area contributed by atoms with Crippen molar-refractivity contribution in [1.29, 1.82) is 5.41 Å². The fourth-order valence-electron chi connectivity index (χ4n) is 0.996. The van der Waals surface area contributed by atoms with E-state index in [1.807, 2.05) is 0 Å². The molecule has 4 nitrogen and oxygen atoms in total. The van der Waals surface area contributed by atoms with Gasteiger partial charge in [0.25, 0.3) is 0 Å². The Bertz CT molecular complexity index is 315. The first-order valence-electron chi connectivity index (χ1n) is 4.21. The van der Waals surface area contributed by atoms with E-state index in [9.17, 15) is 9.18 Å². The number of rotatable bonds is 1. The van der Waals surface area contributed by atoms with E-state index < -0.39 is 11.8 Å². The fourth-order valence-corrected chi connectivity index (χ4v) is 0.996. The largest absolute Gasteiger partial charge is 0.460 e. The minimum atomic E-state index is -0.744. The summed E-state index contributed by atoms with van der Waals surface area (Å²) in [6.07, 6.45) is 3.91. The van der Waals surface area contributed by atoms with Crippen molar-refractivity contribution in [3.8, 4) is 0 Å². The summed E-state index contributed by atoms with van der Waals surface area (Å²) in [5.74, 6) is -1.58. The molecule has 15 heavy (non-hydrogen) atoms. The van der Waals surface area contributed by atoms with E-state index in [2.05, 4.69) is 4.74 Å². The highest BCUT2D eigenvalue weighted by atomic mass is 79.9. The number of nitrogens with zero attached hydrogens (tertiary/aromatic N) is 1. The van der Waals surface area contributed by atoms with Crippen molar-refractivity contribution in [1.82, 2.24) is 4.90 Å². The Morgan fingerprint density at radius 2 is 2.40 bits per heavy atom. The molecule has 1 aliphatic rings. The van der Waals surface area contributed by atoms with Gasteiger partial charge >= 0.3 is 5.97 Å². The summed E-state index contributed by atoms with van der Waals surface area (Å²) in [6.45, 7) is 2.17. The van der Waals surface area contributed by atoms with Crippen LogP contribution in [0.25, 0.3) is 0 Å². The Morgan fingerprint density at radius 1 is 1.73 bits per heavy atom. The first-order chi connectivity index (χ1) is 6.65. The van der Waals surface area contributed by atoms with Crippen molar-refractivity contribution >= 4 is 28.8 Å². The molecule has 0 radical (unpaired) electrons. The fraction of sp³-hybridized carbons (Fsp3) is 0.333. The number of hydrogen-bond donors (Lipinski definition) is 1. The maximum absolute atomic E-state index is 12.7. The van der Waals surface area contributed by atoms with Crippen molar-refractivity contribution in [2.75, 3.05) is 13.2 Å². The van der Waals surface area contributed by atoms with E-state index in [1.165, 1.54) is 17.1 Å². The number of hydrogen-bond acceptors (Lipinski definition) is 3. The Labute approximate surface area is 97.7 Å². The summed E-state index contributed by atoms with van der Waals surface area (Å²) < 4.78 is 17.3. The van der Waals surface area contributed by atoms with Gasteiger partial charge in [-0.2, -0.15) is 0 Å². The monoisotopic (exact) mass is 278 g/mol. The number of halogens is 2. The van der Waals surface area contributed by atoms with Crippen molar-refractivity contribution in [3.63, 3.8) is 0 Å². The molecule has 6 heteroatoms. The van der Waals surface area contributed by atoms with Gasteiger partial charge in [-0.1, -0.05) is 6.08 Å². The second-order valence-electron chi connectivity index (χ2n) is 2.64. The van der Waals surface area contributed by atoms with Gasteiger partial charge in [0.15, 0.2) is 0 Å². The van der Waals surface area contributed by atoms with Crippen LogP contribution in [-0.2, 0) is 9.53 Å². The molecular weight excluding hydrogens is 267 g/mol. The molecule has 0 atom stereocenters. The van der Waals surface area contributed by atoms with E-state index in [0.717, 1.165) is 6.20 Å². The van der Waals surface area contributed by atoms with Gasteiger partial charge in [-0.15, -0.1) is 17.0 Å². The van der Waals surface area contributed by atoms with E-state index in [1.54, 1.807) is 6.92 Å². The number of esters is 1. The van der Waals surface area contributed by atoms with Crippen LogP contribution in [-0.4, -0.2) is 29.9 Å². The molecule has 84 valence electrons. The Balaban J connectivity index is 0.00000196. The molecule has 0 aromatic rings. The van der Waals surface area contributed by atoms with E-state index in [4.69, 9.17) is 5.41 Å².